The number of nitrogens with one attached hydrogen (secondary N) is 1. The molecule has 0 aliphatic carbocycles. The summed E-state index contributed by atoms with van der Waals surface area (Å²) in [5, 5.41) is 12.7. The number of ether oxygens (including phenoxy) is 1. The summed E-state index contributed by atoms with van der Waals surface area (Å²) < 4.78 is 42.9. The van der Waals surface area contributed by atoms with Gasteiger partial charge in [-0.05, 0) is 30.5 Å². The minimum Gasteiger partial charge on any atom is -0.491 e. The number of aliphatic hydroxyl groups excluding tert-OH is 1. The van der Waals surface area contributed by atoms with Crippen molar-refractivity contribution in [1.82, 2.24) is 5.32 Å². The Morgan fingerprint density at radius 3 is 2.64 bits per heavy atom. The Bertz CT molecular complexity index is 540. The summed E-state index contributed by atoms with van der Waals surface area (Å²) in [6, 6.07) is 4.49. The van der Waals surface area contributed by atoms with Gasteiger partial charge in [-0.2, -0.15) is 13.2 Å². The Morgan fingerprint density at radius 1 is 1.36 bits per heavy atom. The summed E-state index contributed by atoms with van der Waals surface area (Å²) in [6.07, 6.45) is -4.46. The normalized spacial score (nSPS) is 13.3. The van der Waals surface area contributed by atoms with Crippen LogP contribution in [0.4, 0.5) is 13.2 Å². The van der Waals surface area contributed by atoms with Crippen LogP contribution in [0.15, 0.2) is 29.3 Å². The summed E-state index contributed by atoms with van der Waals surface area (Å²) >= 11 is 0. The number of aliphatic hydroxyl groups is 1. The molecular weight excluding hydrogens is 450 g/mol. The molecule has 5 nitrogen and oxygen atoms in total. The zero-order valence-corrected chi connectivity index (χ0v) is 16.5. The molecule has 25 heavy (non-hydrogen) atoms. The quantitative estimate of drug-likeness (QED) is 0.307. The maximum Gasteiger partial charge on any atom is 0.416 e. The van der Waals surface area contributed by atoms with E-state index in [1.165, 1.54) is 12.1 Å². The number of alkyl halides is 3. The highest BCUT2D eigenvalue weighted by Gasteiger charge is 2.30. The van der Waals surface area contributed by atoms with Crippen LogP contribution >= 0.6 is 24.0 Å². The second kappa shape index (κ2) is 11.4. The van der Waals surface area contributed by atoms with Crippen molar-refractivity contribution in [2.75, 3.05) is 19.7 Å². The molecule has 1 rings (SSSR count). The highest BCUT2D eigenvalue weighted by atomic mass is 127. The van der Waals surface area contributed by atoms with Gasteiger partial charge in [-0.1, -0.05) is 19.9 Å². The van der Waals surface area contributed by atoms with Crippen LogP contribution in [-0.4, -0.2) is 36.9 Å². The highest BCUT2D eigenvalue weighted by molar-refractivity contribution is 14.0. The van der Waals surface area contributed by atoms with Gasteiger partial charge in [-0.15, -0.1) is 24.0 Å². The van der Waals surface area contributed by atoms with E-state index in [0.29, 0.717) is 12.5 Å². The second-order valence-corrected chi connectivity index (χ2v) is 5.83. The molecule has 1 aromatic carbocycles. The molecule has 1 unspecified atom stereocenters. The number of hydrogen-bond acceptors (Lipinski definition) is 3. The van der Waals surface area contributed by atoms with Gasteiger partial charge in [0.15, 0.2) is 5.96 Å². The summed E-state index contributed by atoms with van der Waals surface area (Å²) in [5.74, 6) is 0.793. The maximum absolute atomic E-state index is 12.6. The predicted octanol–water partition coefficient (Wildman–Crippen LogP) is 3.01. The van der Waals surface area contributed by atoms with Gasteiger partial charge in [0.25, 0.3) is 0 Å². The van der Waals surface area contributed by atoms with Gasteiger partial charge in [-0.25, -0.2) is 0 Å². The molecule has 0 aliphatic heterocycles. The predicted molar refractivity (Wildman–Crippen MR) is 102 cm³/mol. The molecule has 0 amide bonds. The first kappa shape index (κ1) is 23.8. The molecule has 0 aromatic heterocycles. The van der Waals surface area contributed by atoms with E-state index in [1.807, 2.05) is 0 Å². The van der Waals surface area contributed by atoms with E-state index in [2.05, 4.69) is 24.2 Å². The van der Waals surface area contributed by atoms with Crippen molar-refractivity contribution >= 4 is 29.9 Å². The van der Waals surface area contributed by atoms with Gasteiger partial charge in [0.05, 0.1) is 12.1 Å². The minimum absolute atomic E-state index is 0. The molecule has 0 fully saturated rings. The molecule has 1 aromatic rings. The van der Waals surface area contributed by atoms with E-state index in [1.54, 1.807) is 0 Å². The van der Waals surface area contributed by atoms with Gasteiger partial charge < -0.3 is 20.9 Å². The molecule has 0 aliphatic rings. The van der Waals surface area contributed by atoms with E-state index in [0.717, 1.165) is 18.6 Å². The molecular formula is C16H25F3IN3O2. The first-order chi connectivity index (χ1) is 11.2. The summed E-state index contributed by atoms with van der Waals surface area (Å²) in [6.45, 7) is 4.68. The SMILES string of the molecule is CC(C)CCNC(N)=NCC(O)COc1cccc(C(F)(F)F)c1.I. The van der Waals surface area contributed by atoms with Gasteiger partial charge in [0.1, 0.15) is 18.5 Å². The lowest BCUT2D eigenvalue weighted by atomic mass is 10.1. The fourth-order valence-electron chi connectivity index (χ4n) is 1.76. The molecule has 0 bridgehead atoms. The lowest BCUT2D eigenvalue weighted by molar-refractivity contribution is -0.137. The number of benzene rings is 1. The smallest absolute Gasteiger partial charge is 0.416 e. The van der Waals surface area contributed by atoms with Crippen molar-refractivity contribution in [2.24, 2.45) is 16.6 Å². The first-order valence-corrected chi connectivity index (χ1v) is 7.70. The van der Waals surface area contributed by atoms with Crippen molar-refractivity contribution < 1.29 is 23.0 Å². The number of rotatable bonds is 8. The molecule has 0 spiro atoms. The van der Waals surface area contributed by atoms with Crippen molar-refractivity contribution in [3.8, 4) is 5.75 Å². The Balaban J connectivity index is 0.00000576. The zero-order chi connectivity index (χ0) is 18.2. The molecule has 144 valence electrons. The number of hydrogen-bond donors (Lipinski definition) is 3. The average molecular weight is 475 g/mol. The van der Waals surface area contributed by atoms with Crippen LogP contribution in [0.1, 0.15) is 25.8 Å². The van der Waals surface area contributed by atoms with Crippen LogP contribution in [0.5, 0.6) is 5.75 Å². The highest BCUT2D eigenvalue weighted by Crippen LogP contribution is 2.31. The molecule has 9 heteroatoms. The first-order valence-electron chi connectivity index (χ1n) is 7.70. The third kappa shape index (κ3) is 10.4. The molecule has 1 atom stereocenters. The topological polar surface area (TPSA) is 79.9 Å². The molecule has 4 N–H and O–H groups in total. The van der Waals surface area contributed by atoms with E-state index in [9.17, 15) is 18.3 Å². The van der Waals surface area contributed by atoms with Crippen LogP contribution in [0.25, 0.3) is 0 Å². The van der Waals surface area contributed by atoms with Crippen molar-refractivity contribution in [2.45, 2.75) is 32.5 Å². The van der Waals surface area contributed by atoms with Crippen molar-refractivity contribution in [3.63, 3.8) is 0 Å². The number of halogens is 4. The van der Waals surface area contributed by atoms with Crippen LogP contribution in [-0.2, 0) is 6.18 Å². The van der Waals surface area contributed by atoms with E-state index in [4.69, 9.17) is 10.5 Å². The van der Waals surface area contributed by atoms with Gasteiger partial charge >= 0.3 is 6.18 Å². The summed E-state index contributed by atoms with van der Waals surface area (Å²) in [7, 11) is 0. The molecule has 0 heterocycles. The second-order valence-electron chi connectivity index (χ2n) is 5.83. The van der Waals surface area contributed by atoms with Crippen molar-refractivity contribution in [3.05, 3.63) is 29.8 Å². The Morgan fingerprint density at radius 2 is 2.04 bits per heavy atom. The van der Waals surface area contributed by atoms with E-state index >= 15 is 0 Å². The number of aliphatic imine (C=N–C) groups is 1. The third-order valence-electron chi connectivity index (χ3n) is 3.10. The number of nitrogens with zero attached hydrogens (tertiary/aromatic N) is 1. The van der Waals surface area contributed by atoms with Crippen LogP contribution in [0.2, 0.25) is 0 Å². The Hall–Kier alpha value is -1.23. The van der Waals surface area contributed by atoms with Gasteiger partial charge in [0.2, 0.25) is 0 Å². The summed E-state index contributed by atoms with van der Waals surface area (Å²) in [5.41, 5.74) is 4.85. The summed E-state index contributed by atoms with van der Waals surface area (Å²) in [4.78, 5) is 3.96. The Kier molecular flexibility index (Phi) is 10.8. The van der Waals surface area contributed by atoms with Gasteiger partial charge in [-0.3, -0.25) is 4.99 Å². The fraction of sp³-hybridized carbons (Fsp3) is 0.562. The fourth-order valence-corrected chi connectivity index (χ4v) is 1.76. The monoisotopic (exact) mass is 475 g/mol. The minimum atomic E-state index is -4.43. The third-order valence-corrected chi connectivity index (χ3v) is 3.10. The molecule has 0 saturated carbocycles. The lowest BCUT2D eigenvalue weighted by Crippen LogP contribution is -2.34. The van der Waals surface area contributed by atoms with E-state index in [-0.39, 0.29) is 48.8 Å². The van der Waals surface area contributed by atoms with Gasteiger partial charge in [0, 0.05) is 6.54 Å². The Labute approximate surface area is 162 Å². The molecule has 0 saturated heterocycles. The van der Waals surface area contributed by atoms with Crippen LogP contribution in [0.3, 0.4) is 0 Å². The largest absolute Gasteiger partial charge is 0.491 e. The standard InChI is InChI=1S/C16H24F3N3O2.HI/c1-11(2)6-7-21-15(20)22-9-13(23)10-24-14-5-3-4-12(8-14)16(17,18)19;/h3-5,8,11,13,23H,6-7,9-10H2,1-2H3,(H3,20,21,22);1H. The average Bonchev–Trinajstić information content (AvgIpc) is 2.50. The van der Waals surface area contributed by atoms with E-state index < -0.39 is 17.8 Å². The molecule has 0 radical (unpaired) electrons. The maximum atomic E-state index is 12.6. The van der Waals surface area contributed by atoms with Crippen LogP contribution in [0, 0.1) is 5.92 Å². The number of guanidine groups is 1. The zero-order valence-electron chi connectivity index (χ0n) is 14.2. The van der Waals surface area contributed by atoms with Crippen LogP contribution < -0.4 is 15.8 Å². The number of nitrogens with two attached hydrogens (primary N) is 1. The lowest BCUT2D eigenvalue weighted by Gasteiger charge is -2.13. The van der Waals surface area contributed by atoms with Crippen molar-refractivity contribution in [1.29, 1.82) is 0 Å².